The highest BCUT2D eigenvalue weighted by molar-refractivity contribution is 6.30. The fourth-order valence-corrected chi connectivity index (χ4v) is 3.26. The maximum absolute atomic E-state index is 13.5. The van der Waals surface area contributed by atoms with Gasteiger partial charge in [-0.3, -0.25) is 4.90 Å². The molecule has 2 aromatic rings. The average molecular weight is 364 g/mol. The van der Waals surface area contributed by atoms with E-state index in [-0.39, 0.29) is 5.82 Å². The molecule has 0 unspecified atom stereocenters. The first-order valence-electron chi connectivity index (χ1n) is 8.66. The second-order valence-corrected chi connectivity index (χ2v) is 6.65. The summed E-state index contributed by atoms with van der Waals surface area (Å²) in [5.74, 6) is 0.538. The molecule has 5 heteroatoms. The van der Waals surface area contributed by atoms with E-state index in [4.69, 9.17) is 21.1 Å². The van der Waals surface area contributed by atoms with Crippen molar-refractivity contribution in [3.63, 3.8) is 0 Å². The first-order chi connectivity index (χ1) is 12.2. The molecular weight excluding hydrogens is 341 g/mol. The van der Waals surface area contributed by atoms with Crippen molar-refractivity contribution in [3.8, 4) is 5.75 Å². The standard InChI is InChI=1S/C20H23ClFNO2/c21-18-13-16(14-19(22)15-18)12-17-4-1-2-5-20(17)25-9-3-6-23-7-10-24-11-8-23/h1-2,4-5,13-15H,3,6-12H2. The van der Waals surface area contributed by atoms with Crippen LogP contribution in [-0.2, 0) is 11.2 Å². The van der Waals surface area contributed by atoms with Gasteiger partial charge in [0.2, 0.25) is 0 Å². The van der Waals surface area contributed by atoms with Gasteiger partial charge >= 0.3 is 0 Å². The average Bonchev–Trinajstić information content (AvgIpc) is 2.60. The van der Waals surface area contributed by atoms with Gasteiger partial charge in [0.25, 0.3) is 0 Å². The molecule has 0 atom stereocenters. The summed E-state index contributed by atoms with van der Waals surface area (Å²) in [6, 6.07) is 12.5. The smallest absolute Gasteiger partial charge is 0.124 e. The molecule has 3 rings (SSSR count). The number of nitrogens with zero attached hydrogens (tertiary/aromatic N) is 1. The molecule has 1 saturated heterocycles. The van der Waals surface area contributed by atoms with E-state index < -0.39 is 0 Å². The van der Waals surface area contributed by atoms with Gasteiger partial charge in [-0.1, -0.05) is 29.8 Å². The number of hydrogen-bond donors (Lipinski definition) is 0. The van der Waals surface area contributed by atoms with Gasteiger partial charge in [0.05, 0.1) is 19.8 Å². The molecular formula is C20H23ClFNO2. The highest BCUT2D eigenvalue weighted by Gasteiger charge is 2.10. The highest BCUT2D eigenvalue weighted by atomic mass is 35.5. The van der Waals surface area contributed by atoms with E-state index >= 15 is 0 Å². The Labute approximate surface area is 153 Å². The minimum atomic E-state index is -0.314. The summed E-state index contributed by atoms with van der Waals surface area (Å²) in [5, 5.41) is 0.416. The van der Waals surface area contributed by atoms with Crippen LogP contribution in [0.1, 0.15) is 17.5 Å². The van der Waals surface area contributed by atoms with Gasteiger partial charge in [0, 0.05) is 31.1 Å². The minimum absolute atomic E-state index is 0.314. The molecule has 2 aromatic carbocycles. The summed E-state index contributed by atoms with van der Waals surface area (Å²) >= 11 is 5.95. The zero-order valence-corrected chi connectivity index (χ0v) is 15.0. The summed E-state index contributed by atoms with van der Waals surface area (Å²) in [4.78, 5) is 2.40. The lowest BCUT2D eigenvalue weighted by atomic mass is 10.0. The molecule has 134 valence electrons. The molecule has 1 aliphatic rings. The van der Waals surface area contributed by atoms with Crippen LogP contribution in [0.3, 0.4) is 0 Å². The Balaban J connectivity index is 1.55. The largest absolute Gasteiger partial charge is 0.493 e. The second-order valence-electron chi connectivity index (χ2n) is 6.22. The molecule has 0 radical (unpaired) electrons. The van der Waals surface area contributed by atoms with Crippen LogP contribution in [0.5, 0.6) is 5.75 Å². The van der Waals surface area contributed by atoms with E-state index in [1.807, 2.05) is 24.3 Å². The quantitative estimate of drug-likeness (QED) is 0.689. The molecule has 0 amide bonds. The summed E-state index contributed by atoms with van der Waals surface area (Å²) < 4.78 is 24.9. The lowest BCUT2D eigenvalue weighted by molar-refractivity contribution is 0.0358. The number of hydrogen-bond acceptors (Lipinski definition) is 3. The zero-order valence-electron chi connectivity index (χ0n) is 14.2. The van der Waals surface area contributed by atoms with E-state index in [9.17, 15) is 4.39 Å². The van der Waals surface area contributed by atoms with Gasteiger partial charge in [-0.05, 0) is 41.8 Å². The Kier molecular flexibility index (Phi) is 6.68. The molecule has 0 saturated carbocycles. The number of halogens is 2. The van der Waals surface area contributed by atoms with Crippen molar-refractivity contribution in [3.05, 3.63) is 64.4 Å². The number of para-hydroxylation sites is 1. The van der Waals surface area contributed by atoms with Gasteiger partial charge in [-0.15, -0.1) is 0 Å². The van der Waals surface area contributed by atoms with Crippen molar-refractivity contribution >= 4 is 11.6 Å². The van der Waals surface area contributed by atoms with Gasteiger partial charge < -0.3 is 9.47 Å². The van der Waals surface area contributed by atoms with Crippen molar-refractivity contribution in [1.82, 2.24) is 4.90 Å². The van der Waals surface area contributed by atoms with E-state index in [1.54, 1.807) is 6.07 Å². The third-order valence-corrected chi connectivity index (χ3v) is 4.49. The van der Waals surface area contributed by atoms with Gasteiger partial charge in [0.1, 0.15) is 11.6 Å². The van der Waals surface area contributed by atoms with Crippen LogP contribution >= 0.6 is 11.6 Å². The molecule has 0 spiro atoms. The first kappa shape index (κ1) is 18.2. The monoisotopic (exact) mass is 363 g/mol. The first-order valence-corrected chi connectivity index (χ1v) is 9.04. The van der Waals surface area contributed by atoms with Crippen LogP contribution in [-0.4, -0.2) is 44.4 Å². The third-order valence-electron chi connectivity index (χ3n) is 4.27. The lowest BCUT2D eigenvalue weighted by Gasteiger charge is -2.26. The fourth-order valence-electron chi connectivity index (χ4n) is 3.02. The van der Waals surface area contributed by atoms with E-state index in [1.165, 1.54) is 12.1 Å². The Morgan fingerprint density at radius 2 is 1.92 bits per heavy atom. The molecule has 3 nitrogen and oxygen atoms in total. The number of rotatable bonds is 7. The van der Waals surface area contributed by atoms with E-state index in [0.717, 1.165) is 56.1 Å². The number of morpholine rings is 1. The summed E-state index contributed by atoms with van der Waals surface area (Å²) in [6.45, 7) is 5.32. The Bertz CT molecular complexity index is 669. The van der Waals surface area contributed by atoms with Crippen LogP contribution in [0, 0.1) is 5.82 Å². The zero-order chi connectivity index (χ0) is 17.5. The summed E-state index contributed by atoms with van der Waals surface area (Å²) in [5.41, 5.74) is 1.88. The molecule has 25 heavy (non-hydrogen) atoms. The Hall–Kier alpha value is -1.62. The number of benzene rings is 2. The molecule has 0 bridgehead atoms. The Morgan fingerprint density at radius 1 is 1.12 bits per heavy atom. The highest BCUT2D eigenvalue weighted by Crippen LogP contribution is 2.23. The van der Waals surface area contributed by atoms with Crippen molar-refractivity contribution in [2.75, 3.05) is 39.5 Å². The lowest BCUT2D eigenvalue weighted by Crippen LogP contribution is -2.37. The van der Waals surface area contributed by atoms with Crippen molar-refractivity contribution in [2.24, 2.45) is 0 Å². The predicted molar refractivity (Wildman–Crippen MR) is 98.0 cm³/mol. The summed E-state index contributed by atoms with van der Waals surface area (Å²) in [6.07, 6.45) is 1.57. The predicted octanol–water partition coefficient (Wildman–Crippen LogP) is 4.17. The SMILES string of the molecule is Fc1cc(Cl)cc(Cc2ccccc2OCCCN2CCOCC2)c1. The minimum Gasteiger partial charge on any atom is -0.493 e. The Morgan fingerprint density at radius 3 is 2.72 bits per heavy atom. The molecule has 1 heterocycles. The van der Waals surface area contributed by atoms with Crippen molar-refractivity contribution < 1.29 is 13.9 Å². The van der Waals surface area contributed by atoms with Gasteiger partial charge in [-0.25, -0.2) is 4.39 Å². The molecule has 0 aliphatic carbocycles. The molecule has 0 N–H and O–H groups in total. The fraction of sp³-hybridized carbons (Fsp3) is 0.400. The third kappa shape index (κ3) is 5.70. The normalized spacial score (nSPS) is 15.3. The van der Waals surface area contributed by atoms with Crippen molar-refractivity contribution in [1.29, 1.82) is 0 Å². The number of ether oxygens (including phenoxy) is 2. The molecule has 1 aliphatic heterocycles. The van der Waals surface area contributed by atoms with Crippen LogP contribution in [0.4, 0.5) is 4.39 Å². The second kappa shape index (κ2) is 9.18. The van der Waals surface area contributed by atoms with Gasteiger partial charge in [-0.2, -0.15) is 0 Å². The van der Waals surface area contributed by atoms with Crippen LogP contribution < -0.4 is 4.74 Å². The van der Waals surface area contributed by atoms with Crippen LogP contribution in [0.25, 0.3) is 0 Å². The van der Waals surface area contributed by atoms with Crippen molar-refractivity contribution in [2.45, 2.75) is 12.8 Å². The maximum Gasteiger partial charge on any atom is 0.124 e. The van der Waals surface area contributed by atoms with E-state index in [2.05, 4.69) is 4.90 Å². The van der Waals surface area contributed by atoms with E-state index in [0.29, 0.717) is 18.1 Å². The topological polar surface area (TPSA) is 21.7 Å². The maximum atomic E-state index is 13.5. The molecule has 1 fully saturated rings. The molecule has 0 aromatic heterocycles. The van der Waals surface area contributed by atoms with Crippen LogP contribution in [0.15, 0.2) is 42.5 Å². The van der Waals surface area contributed by atoms with Gasteiger partial charge in [0.15, 0.2) is 0 Å². The van der Waals surface area contributed by atoms with Crippen LogP contribution in [0.2, 0.25) is 5.02 Å². The summed E-state index contributed by atoms with van der Waals surface area (Å²) in [7, 11) is 0.